The number of benzene rings is 1. The Morgan fingerprint density at radius 3 is 2.69 bits per heavy atom. The number of hydrogen-bond acceptors (Lipinski definition) is 1. The quantitative estimate of drug-likeness (QED) is 0.855. The average Bonchev–Trinajstić information content (AvgIpc) is 2.15. The second-order valence-electron chi connectivity index (χ2n) is 2.42. The minimum atomic E-state index is -0.0491. The number of alkyl halides is 1. The molecular weight excluding hydrogens is 298 g/mol. The fourth-order valence-corrected chi connectivity index (χ4v) is 1.56. The molecule has 0 aliphatic carbocycles. The number of carbonyl (C=O) groups excluding carboxylic acids is 1. The van der Waals surface area contributed by atoms with Gasteiger partial charge in [-0.25, -0.2) is 0 Å². The van der Waals surface area contributed by atoms with Crippen molar-refractivity contribution in [3.8, 4) is 0 Å². The molecule has 0 spiro atoms. The molecule has 2 nitrogen and oxygen atoms in total. The molecule has 1 aromatic rings. The third kappa shape index (κ3) is 3.12. The number of hydrogen-bond donors (Lipinski definition) is 1. The lowest BCUT2D eigenvalue weighted by Gasteiger charge is -2.04. The van der Waals surface area contributed by atoms with Gasteiger partial charge in [0.15, 0.2) is 0 Å². The standard InChI is InChI=1S/C9H9Br2NO/c10-5-6-12-9(13)7-3-1-2-4-8(7)11/h1-4H,5-6H2,(H,12,13). The first-order valence-electron chi connectivity index (χ1n) is 3.84. The smallest absolute Gasteiger partial charge is 0.252 e. The molecule has 0 heterocycles. The fourth-order valence-electron chi connectivity index (χ4n) is 0.901. The van der Waals surface area contributed by atoms with Crippen molar-refractivity contribution in [2.24, 2.45) is 0 Å². The van der Waals surface area contributed by atoms with Crippen molar-refractivity contribution in [3.63, 3.8) is 0 Å². The second kappa shape index (κ2) is 5.40. The van der Waals surface area contributed by atoms with E-state index in [4.69, 9.17) is 0 Å². The van der Waals surface area contributed by atoms with Gasteiger partial charge >= 0.3 is 0 Å². The molecule has 0 bridgehead atoms. The lowest BCUT2D eigenvalue weighted by atomic mass is 10.2. The molecule has 1 rings (SSSR count). The lowest BCUT2D eigenvalue weighted by molar-refractivity contribution is 0.0955. The predicted octanol–water partition coefficient (Wildman–Crippen LogP) is 2.57. The number of rotatable bonds is 3. The van der Waals surface area contributed by atoms with Gasteiger partial charge in [-0.05, 0) is 28.1 Å². The number of carbonyl (C=O) groups is 1. The van der Waals surface area contributed by atoms with Crippen molar-refractivity contribution in [1.82, 2.24) is 5.32 Å². The average molecular weight is 307 g/mol. The summed E-state index contributed by atoms with van der Waals surface area (Å²) in [6, 6.07) is 7.36. The van der Waals surface area contributed by atoms with Crippen LogP contribution in [0.1, 0.15) is 10.4 Å². The third-order valence-corrected chi connectivity index (χ3v) is 2.59. The third-order valence-electron chi connectivity index (χ3n) is 1.50. The molecule has 0 saturated carbocycles. The Hall–Kier alpha value is -0.350. The summed E-state index contributed by atoms with van der Waals surface area (Å²) in [6.07, 6.45) is 0. The molecule has 1 amide bonds. The predicted molar refractivity (Wildman–Crippen MR) is 60.3 cm³/mol. The summed E-state index contributed by atoms with van der Waals surface area (Å²) in [5.41, 5.74) is 0.670. The molecule has 0 aromatic heterocycles. The van der Waals surface area contributed by atoms with Crippen molar-refractivity contribution in [1.29, 1.82) is 0 Å². The Labute approximate surface area is 94.0 Å². The minimum Gasteiger partial charge on any atom is -0.351 e. The minimum absolute atomic E-state index is 0.0491. The van der Waals surface area contributed by atoms with Gasteiger partial charge < -0.3 is 5.32 Å². The first kappa shape index (κ1) is 10.7. The summed E-state index contributed by atoms with van der Waals surface area (Å²) in [7, 11) is 0. The first-order valence-corrected chi connectivity index (χ1v) is 5.76. The van der Waals surface area contributed by atoms with Crippen molar-refractivity contribution in [2.45, 2.75) is 0 Å². The Kier molecular flexibility index (Phi) is 4.45. The highest BCUT2D eigenvalue weighted by Crippen LogP contribution is 2.15. The zero-order chi connectivity index (χ0) is 9.68. The van der Waals surface area contributed by atoms with Gasteiger partial charge in [-0.3, -0.25) is 4.79 Å². The summed E-state index contributed by atoms with van der Waals surface area (Å²) in [6.45, 7) is 0.639. The molecule has 4 heteroatoms. The highest BCUT2D eigenvalue weighted by atomic mass is 79.9. The Balaban J connectivity index is 2.71. The first-order chi connectivity index (χ1) is 6.25. The van der Waals surface area contributed by atoms with Crippen LogP contribution >= 0.6 is 31.9 Å². The van der Waals surface area contributed by atoms with E-state index < -0.39 is 0 Å². The maximum Gasteiger partial charge on any atom is 0.252 e. The van der Waals surface area contributed by atoms with Crippen LogP contribution in [0.15, 0.2) is 28.7 Å². The van der Waals surface area contributed by atoms with Crippen LogP contribution in [-0.4, -0.2) is 17.8 Å². The largest absolute Gasteiger partial charge is 0.351 e. The van der Waals surface area contributed by atoms with Crippen molar-refractivity contribution >= 4 is 37.8 Å². The molecular formula is C9H9Br2NO. The van der Waals surface area contributed by atoms with E-state index in [1.165, 1.54) is 0 Å². The Morgan fingerprint density at radius 1 is 1.38 bits per heavy atom. The summed E-state index contributed by atoms with van der Waals surface area (Å²) < 4.78 is 0.821. The van der Waals surface area contributed by atoms with E-state index in [1.54, 1.807) is 6.07 Å². The van der Waals surface area contributed by atoms with Crippen molar-refractivity contribution in [2.75, 3.05) is 11.9 Å². The van der Waals surface area contributed by atoms with E-state index in [1.807, 2.05) is 18.2 Å². The zero-order valence-corrected chi connectivity index (χ0v) is 10.1. The van der Waals surface area contributed by atoms with Crippen LogP contribution in [0.3, 0.4) is 0 Å². The normalized spacial score (nSPS) is 9.69. The monoisotopic (exact) mass is 305 g/mol. The molecule has 0 aliphatic heterocycles. The highest BCUT2D eigenvalue weighted by molar-refractivity contribution is 9.10. The van der Waals surface area contributed by atoms with Crippen molar-refractivity contribution < 1.29 is 4.79 Å². The van der Waals surface area contributed by atoms with Gasteiger partial charge in [-0.15, -0.1) is 0 Å². The second-order valence-corrected chi connectivity index (χ2v) is 4.07. The van der Waals surface area contributed by atoms with Gasteiger partial charge in [0.2, 0.25) is 0 Å². The number of nitrogens with one attached hydrogen (secondary N) is 1. The van der Waals surface area contributed by atoms with E-state index in [0.29, 0.717) is 12.1 Å². The zero-order valence-electron chi connectivity index (χ0n) is 6.89. The van der Waals surface area contributed by atoms with Gasteiger partial charge in [-0.1, -0.05) is 28.1 Å². The van der Waals surface area contributed by atoms with E-state index in [-0.39, 0.29) is 5.91 Å². The molecule has 1 aromatic carbocycles. The number of halogens is 2. The fraction of sp³-hybridized carbons (Fsp3) is 0.222. The molecule has 1 N–H and O–H groups in total. The van der Waals surface area contributed by atoms with E-state index in [9.17, 15) is 4.79 Å². The summed E-state index contributed by atoms with van der Waals surface area (Å²) in [5, 5.41) is 3.54. The van der Waals surface area contributed by atoms with E-state index in [0.717, 1.165) is 9.80 Å². The van der Waals surface area contributed by atoms with Crippen LogP contribution in [0.4, 0.5) is 0 Å². The van der Waals surface area contributed by atoms with E-state index in [2.05, 4.69) is 37.2 Å². The Morgan fingerprint density at radius 2 is 2.08 bits per heavy atom. The SMILES string of the molecule is O=C(NCCBr)c1ccccc1Br. The van der Waals surface area contributed by atoms with Crippen LogP contribution in [0, 0.1) is 0 Å². The lowest BCUT2D eigenvalue weighted by Crippen LogP contribution is -2.25. The molecule has 0 aliphatic rings. The Bertz CT molecular complexity index is 301. The molecule has 0 fully saturated rings. The van der Waals surface area contributed by atoms with Crippen LogP contribution in [0.2, 0.25) is 0 Å². The molecule has 13 heavy (non-hydrogen) atoms. The molecule has 0 radical (unpaired) electrons. The van der Waals surface area contributed by atoms with Gasteiger partial charge in [0.05, 0.1) is 5.56 Å². The highest BCUT2D eigenvalue weighted by Gasteiger charge is 2.06. The van der Waals surface area contributed by atoms with Crippen LogP contribution in [0.25, 0.3) is 0 Å². The van der Waals surface area contributed by atoms with Crippen LogP contribution < -0.4 is 5.32 Å². The summed E-state index contributed by atoms with van der Waals surface area (Å²) in [5.74, 6) is -0.0491. The van der Waals surface area contributed by atoms with Gasteiger partial charge in [0, 0.05) is 16.3 Å². The maximum absolute atomic E-state index is 11.5. The van der Waals surface area contributed by atoms with E-state index >= 15 is 0 Å². The summed E-state index contributed by atoms with van der Waals surface area (Å²) in [4.78, 5) is 11.5. The maximum atomic E-state index is 11.5. The van der Waals surface area contributed by atoms with Crippen molar-refractivity contribution in [3.05, 3.63) is 34.3 Å². The summed E-state index contributed by atoms with van der Waals surface area (Å²) >= 11 is 6.56. The number of amides is 1. The molecule has 0 atom stereocenters. The molecule has 0 saturated heterocycles. The molecule has 70 valence electrons. The van der Waals surface area contributed by atoms with Gasteiger partial charge in [-0.2, -0.15) is 0 Å². The van der Waals surface area contributed by atoms with Crippen LogP contribution in [0.5, 0.6) is 0 Å². The van der Waals surface area contributed by atoms with Gasteiger partial charge in [0.25, 0.3) is 5.91 Å². The van der Waals surface area contributed by atoms with Gasteiger partial charge in [0.1, 0.15) is 0 Å². The van der Waals surface area contributed by atoms with Crippen LogP contribution in [-0.2, 0) is 0 Å². The molecule has 0 unspecified atom stereocenters. The topological polar surface area (TPSA) is 29.1 Å².